The Morgan fingerprint density at radius 2 is 2.18 bits per heavy atom. The van der Waals surface area contributed by atoms with E-state index in [-0.39, 0.29) is 5.91 Å². The standard InChI is InChI=1S/C16H15FN4O/c1-3-12-15(21-7-6-10(2)8-14(21)19-12)16(22)20-13-5-4-11(17)9-18-13/h4-9H,3H2,1-2H3,(H,18,20,22). The molecule has 0 bridgehead atoms. The van der Waals surface area contributed by atoms with Crippen molar-refractivity contribution in [3.8, 4) is 0 Å². The predicted octanol–water partition coefficient (Wildman–Crippen LogP) is 2.99. The number of hydrogen-bond acceptors (Lipinski definition) is 3. The van der Waals surface area contributed by atoms with E-state index >= 15 is 0 Å². The van der Waals surface area contributed by atoms with Crippen LogP contribution in [-0.4, -0.2) is 20.3 Å². The van der Waals surface area contributed by atoms with Crippen LogP contribution in [-0.2, 0) is 6.42 Å². The topological polar surface area (TPSA) is 59.3 Å². The average Bonchev–Trinajstić information content (AvgIpc) is 2.87. The molecule has 0 aliphatic carbocycles. The van der Waals surface area contributed by atoms with Crippen LogP contribution in [0.5, 0.6) is 0 Å². The normalized spacial score (nSPS) is 10.9. The fraction of sp³-hybridized carbons (Fsp3) is 0.188. The molecular weight excluding hydrogens is 283 g/mol. The lowest BCUT2D eigenvalue weighted by molar-refractivity contribution is 0.102. The van der Waals surface area contributed by atoms with Gasteiger partial charge in [-0.05, 0) is 43.2 Å². The van der Waals surface area contributed by atoms with E-state index in [1.165, 1.54) is 12.1 Å². The van der Waals surface area contributed by atoms with Crippen LogP contribution in [0.1, 0.15) is 28.7 Å². The second-order valence-corrected chi connectivity index (χ2v) is 5.01. The lowest BCUT2D eigenvalue weighted by atomic mass is 10.2. The van der Waals surface area contributed by atoms with E-state index in [2.05, 4.69) is 15.3 Å². The molecule has 0 spiro atoms. The highest BCUT2D eigenvalue weighted by Gasteiger charge is 2.18. The Kier molecular flexibility index (Phi) is 3.58. The van der Waals surface area contributed by atoms with Crippen molar-refractivity contribution in [3.05, 3.63) is 59.4 Å². The summed E-state index contributed by atoms with van der Waals surface area (Å²) in [5.74, 6) is -0.458. The van der Waals surface area contributed by atoms with Crippen LogP contribution >= 0.6 is 0 Å². The van der Waals surface area contributed by atoms with Gasteiger partial charge in [-0.25, -0.2) is 14.4 Å². The van der Waals surface area contributed by atoms with Crippen molar-refractivity contribution in [1.29, 1.82) is 0 Å². The van der Waals surface area contributed by atoms with Gasteiger partial charge in [0.05, 0.1) is 11.9 Å². The van der Waals surface area contributed by atoms with Gasteiger partial charge in [0.1, 0.15) is 23.0 Å². The molecule has 112 valence electrons. The zero-order chi connectivity index (χ0) is 15.7. The number of anilines is 1. The number of pyridine rings is 2. The highest BCUT2D eigenvalue weighted by molar-refractivity contribution is 6.04. The van der Waals surface area contributed by atoms with Crippen molar-refractivity contribution >= 4 is 17.4 Å². The number of halogens is 1. The summed E-state index contributed by atoms with van der Waals surface area (Å²) in [5, 5.41) is 2.68. The summed E-state index contributed by atoms with van der Waals surface area (Å²) in [6.45, 7) is 3.92. The third kappa shape index (κ3) is 2.55. The minimum absolute atomic E-state index is 0.301. The first-order valence-electron chi connectivity index (χ1n) is 6.99. The molecule has 0 saturated heterocycles. The van der Waals surface area contributed by atoms with Crippen molar-refractivity contribution in [2.75, 3.05) is 5.32 Å². The van der Waals surface area contributed by atoms with Gasteiger partial charge in [0.25, 0.3) is 5.91 Å². The van der Waals surface area contributed by atoms with Crippen molar-refractivity contribution in [3.63, 3.8) is 0 Å². The maximum absolute atomic E-state index is 12.9. The van der Waals surface area contributed by atoms with Crippen LogP contribution in [0.25, 0.3) is 5.65 Å². The fourth-order valence-electron chi connectivity index (χ4n) is 2.31. The number of fused-ring (bicyclic) bond motifs is 1. The van der Waals surface area contributed by atoms with Crippen molar-refractivity contribution < 1.29 is 9.18 Å². The summed E-state index contributed by atoms with van der Waals surface area (Å²) >= 11 is 0. The van der Waals surface area contributed by atoms with Gasteiger partial charge >= 0.3 is 0 Å². The molecule has 6 heteroatoms. The summed E-state index contributed by atoms with van der Waals surface area (Å²) in [6.07, 6.45) is 3.53. The summed E-state index contributed by atoms with van der Waals surface area (Å²) in [6, 6.07) is 6.51. The van der Waals surface area contributed by atoms with E-state index < -0.39 is 5.82 Å². The first-order valence-corrected chi connectivity index (χ1v) is 6.99. The Bertz CT molecular complexity index is 839. The number of carbonyl (C=O) groups excluding carboxylic acids is 1. The molecule has 0 radical (unpaired) electrons. The van der Waals surface area contributed by atoms with Crippen LogP contribution < -0.4 is 5.32 Å². The molecule has 3 aromatic rings. The van der Waals surface area contributed by atoms with E-state index in [1.54, 1.807) is 4.40 Å². The van der Waals surface area contributed by atoms with Crippen molar-refractivity contribution in [1.82, 2.24) is 14.4 Å². The van der Waals surface area contributed by atoms with Gasteiger partial charge in [-0.3, -0.25) is 9.20 Å². The number of aromatic nitrogens is 3. The smallest absolute Gasteiger partial charge is 0.275 e. The molecular formula is C16H15FN4O. The molecule has 0 aliphatic rings. The van der Waals surface area contributed by atoms with Crippen molar-refractivity contribution in [2.45, 2.75) is 20.3 Å². The van der Waals surface area contributed by atoms with E-state index in [9.17, 15) is 9.18 Å². The number of carbonyl (C=O) groups is 1. The molecule has 5 nitrogen and oxygen atoms in total. The van der Waals surface area contributed by atoms with Crippen LogP contribution in [0.15, 0.2) is 36.7 Å². The van der Waals surface area contributed by atoms with Gasteiger partial charge < -0.3 is 5.32 Å². The summed E-state index contributed by atoms with van der Waals surface area (Å²) < 4.78 is 14.6. The number of hydrogen-bond donors (Lipinski definition) is 1. The number of nitrogens with one attached hydrogen (secondary N) is 1. The molecule has 0 saturated carbocycles. The number of amides is 1. The number of aryl methyl sites for hydroxylation is 2. The number of nitrogens with zero attached hydrogens (tertiary/aromatic N) is 3. The highest BCUT2D eigenvalue weighted by atomic mass is 19.1. The second kappa shape index (κ2) is 5.55. The van der Waals surface area contributed by atoms with Gasteiger partial charge in [-0.2, -0.15) is 0 Å². The van der Waals surface area contributed by atoms with Gasteiger partial charge in [-0.15, -0.1) is 0 Å². The molecule has 0 fully saturated rings. The van der Waals surface area contributed by atoms with Crippen LogP contribution in [0.4, 0.5) is 10.2 Å². The van der Waals surface area contributed by atoms with Crippen LogP contribution in [0, 0.1) is 12.7 Å². The zero-order valence-corrected chi connectivity index (χ0v) is 12.3. The molecule has 22 heavy (non-hydrogen) atoms. The molecule has 0 atom stereocenters. The maximum atomic E-state index is 12.9. The van der Waals surface area contributed by atoms with E-state index in [1.807, 2.05) is 32.2 Å². The summed E-state index contributed by atoms with van der Waals surface area (Å²) in [4.78, 5) is 20.9. The largest absolute Gasteiger partial charge is 0.305 e. The van der Waals surface area contributed by atoms with Crippen LogP contribution in [0.2, 0.25) is 0 Å². The molecule has 0 aromatic carbocycles. The summed E-state index contributed by atoms with van der Waals surface area (Å²) in [5.41, 5.74) is 3.00. The van der Waals surface area contributed by atoms with E-state index in [0.717, 1.165) is 17.4 Å². The Morgan fingerprint density at radius 3 is 2.86 bits per heavy atom. The highest BCUT2D eigenvalue weighted by Crippen LogP contribution is 2.16. The molecule has 0 aliphatic heterocycles. The molecule has 1 N–H and O–H groups in total. The number of imidazole rings is 1. The lowest BCUT2D eigenvalue weighted by Crippen LogP contribution is -2.17. The second-order valence-electron chi connectivity index (χ2n) is 5.01. The van der Waals surface area contributed by atoms with Crippen LogP contribution in [0.3, 0.4) is 0 Å². The average molecular weight is 298 g/mol. The Hall–Kier alpha value is -2.76. The fourth-order valence-corrected chi connectivity index (χ4v) is 2.31. The van der Waals surface area contributed by atoms with Gasteiger partial charge in [0.15, 0.2) is 0 Å². The third-order valence-electron chi connectivity index (χ3n) is 3.37. The number of rotatable bonds is 3. The monoisotopic (exact) mass is 298 g/mol. The molecule has 3 aromatic heterocycles. The predicted molar refractivity (Wildman–Crippen MR) is 81.5 cm³/mol. The quantitative estimate of drug-likeness (QED) is 0.808. The zero-order valence-electron chi connectivity index (χ0n) is 12.3. The van der Waals surface area contributed by atoms with Gasteiger partial charge in [0, 0.05) is 6.20 Å². The molecule has 3 heterocycles. The minimum atomic E-state index is -0.447. The van der Waals surface area contributed by atoms with E-state index in [0.29, 0.717) is 23.6 Å². The van der Waals surface area contributed by atoms with Crippen molar-refractivity contribution in [2.24, 2.45) is 0 Å². The third-order valence-corrected chi connectivity index (χ3v) is 3.37. The Labute approximate surface area is 126 Å². The van der Waals surface area contributed by atoms with Gasteiger partial charge in [-0.1, -0.05) is 6.92 Å². The lowest BCUT2D eigenvalue weighted by Gasteiger charge is -2.06. The van der Waals surface area contributed by atoms with Gasteiger partial charge in [0.2, 0.25) is 0 Å². The molecule has 0 unspecified atom stereocenters. The molecule has 3 rings (SSSR count). The summed E-state index contributed by atoms with van der Waals surface area (Å²) in [7, 11) is 0. The Balaban J connectivity index is 2.00. The SMILES string of the molecule is CCc1nc2cc(C)ccn2c1C(=O)Nc1ccc(F)cn1. The first kappa shape index (κ1) is 14.2. The first-order chi connectivity index (χ1) is 10.6. The minimum Gasteiger partial charge on any atom is -0.305 e. The Morgan fingerprint density at radius 1 is 1.36 bits per heavy atom. The van der Waals surface area contributed by atoms with E-state index in [4.69, 9.17) is 0 Å². The maximum Gasteiger partial charge on any atom is 0.275 e. The molecule has 1 amide bonds.